The van der Waals surface area contributed by atoms with E-state index in [1.54, 1.807) is 14.9 Å². The molecule has 1 unspecified atom stereocenters. The lowest BCUT2D eigenvalue weighted by atomic mass is 9.96. The Morgan fingerprint density at radius 1 is 1.21 bits per heavy atom. The van der Waals surface area contributed by atoms with Crippen LogP contribution in [0.5, 0.6) is 0 Å². The summed E-state index contributed by atoms with van der Waals surface area (Å²) >= 11 is 1.81. The predicted molar refractivity (Wildman–Crippen MR) is 133 cm³/mol. The number of thioether (sulfide) groups is 1. The van der Waals surface area contributed by atoms with E-state index < -0.39 is 12.2 Å². The van der Waals surface area contributed by atoms with Crippen LogP contribution in [0.1, 0.15) is 39.2 Å². The van der Waals surface area contributed by atoms with Crippen LogP contribution in [-0.2, 0) is 16.1 Å². The van der Waals surface area contributed by atoms with Gasteiger partial charge in [0.2, 0.25) is 11.8 Å². The number of carbonyl (C=O) groups excluding carboxylic acids is 3. The van der Waals surface area contributed by atoms with Crippen LogP contribution in [0.3, 0.4) is 0 Å². The average Bonchev–Trinajstić information content (AvgIpc) is 3.35. The molecule has 3 aliphatic heterocycles. The van der Waals surface area contributed by atoms with Crippen LogP contribution < -0.4 is 5.32 Å². The molecule has 2 saturated heterocycles. The van der Waals surface area contributed by atoms with Gasteiger partial charge in [-0.15, -0.1) is 11.8 Å². The van der Waals surface area contributed by atoms with Crippen LogP contribution in [-0.4, -0.2) is 81.3 Å². The first kappa shape index (κ1) is 24.6. The van der Waals surface area contributed by atoms with E-state index in [4.69, 9.17) is 0 Å². The molecule has 184 valence electrons. The largest absolute Gasteiger partial charge is 0.337 e. The lowest BCUT2D eigenvalue weighted by Gasteiger charge is -2.55. The Hall–Kier alpha value is -2.52. The smallest absolute Gasteiger partial charge is 0.334 e. The van der Waals surface area contributed by atoms with Gasteiger partial charge in [0.05, 0.1) is 13.1 Å². The van der Waals surface area contributed by atoms with Gasteiger partial charge in [0.1, 0.15) is 12.2 Å². The standard InChI is InChI=1S/C25H35N5O3S/c1-4-28-17-22(31)29-21(30(28)25(33)26-15-19-9-6-5-7-10-19)16-27(24(32)23(29)18(2)3)13-12-20-11-8-14-34-20/h5-10,14,18,20-21,23H,4,11-13,15-17H2,1-3H3,(H,26,33)/t20?,21-,23-/m0/s1. The molecule has 1 N–H and O–H groups in total. The SMILES string of the molecule is CCN1CC(=O)N2[C@@H](C(C)C)C(=O)N(CCC3CC=CS3)C[C@@H]2N1C(=O)NCc1ccccc1. The minimum atomic E-state index is -0.566. The maximum absolute atomic E-state index is 13.5. The molecular formula is C25H35N5O3S. The Bertz CT molecular complexity index is 916. The number of likely N-dealkylation sites (N-methyl/N-ethyl adjacent to an activating group) is 1. The molecule has 0 spiro atoms. The minimum Gasteiger partial charge on any atom is -0.337 e. The highest BCUT2D eigenvalue weighted by Crippen LogP contribution is 2.31. The third-order valence-electron chi connectivity index (χ3n) is 6.74. The van der Waals surface area contributed by atoms with Crippen LogP contribution in [0.2, 0.25) is 0 Å². The highest BCUT2D eigenvalue weighted by atomic mass is 32.2. The normalized spacial score (nSPS) is 25.3. The lowest BCUT2D eigenvalue weighted by molar-refractivity contribution is -0.192. The molecule has 0 aromatic heterocycles. The fraction of sp³-hybridized carbons (Fsp3) is 0.560. The topological polar surface area (TPSA) is 76.2 Å². The van der Waals surface area contributed by atoms with Gasteiger partial charge in [-0.1, -0.05) is 57.2 Å². The molecule has 8 nitrogen and oxygen atoms in total. The number of benzene rings is 1. The van der Waals surface area contributed by atoms with E-state index in [9.17, 15) is 14.4 Å². The predicted octanol–water partition coefficient (Wildman–Crippen LogP) is 2.88. The maximum atomic E-state index is 13.5. The third-order valence-corrected chi connectivity index (χ3v) is 7.90. The van der Waals surface area contributed by atoms with Crippen molar-refractivity contribution in [1.29, 1.82) is 0 Å². The second kappa shape index (κ2) is 10.8. The van der Waals surface area contributed by atoms with Crippen LogP contribution >= 0.6 is 11.8 Å². The molecule has 9 heteroatoms. The van der Waals surface area contributed by atoms with E-state index in [0.717, 1.165) is 18.4 Å². The van der Waals surface area contributed by atoms with Gasteiger partial charge in [0, 0.05) is 24.9 Å². The van der Waals surface area contributed by atoms with Gasteiger partial charge >= 0.3 is 6.03 Å². The molecule has 2 fully saturated rings. The van der Waals surface area contributed by atoms with Gasteiger partial charge in [0.25, 0.3) is 0 Å². The highest BCUT2D eigenvalue weighted by Gasteiger charge is 2.51. The number of hydrazine groups is 1. The van der Waals surface area contributed by atoms with Crippen LogP contribution in [0, 0.1) is 5.92 Å². The summed E-state index contributed by atoms with van der Waals surface area (Å²) in [7, 11) is 0. The molecule has 34 heavy (non-hydrogen) atoms. The van der Waals surface area contributed by atoms with Crippen LogP contribution in [0.4, 0.5) is 4.79 Å². The van der Waals surface area contributed by atoms with Gasteiger partial charge in [-0.25, -0.2) is 14.8 Å². The van der Waals surface area contributed by atoms with Crippen molar-refractivity contribution in [1.82, 2.24) is 25.1 Å². The van der Waals surface area contributed by atoms with E-state index in [0.29, 0.717) is 31.4 Å². The summed E-state index contributed by atoms with van der Waals surface area (Å²) in [6.45, 7) is 7.86. The molecular weight excluding hydrogens is 450 g/mol. The molecule has 3 aliphatic rings. The number of nitrogens with zero attached hydrogens (tertiary/aromatic N) is 4. The Kier molecular flexibility index (Phi) is 7.83. The maximum Gasteiger partial charge on any atom is 0.334 e. The van der Waals surface area contributed by atoms with Crippen molar-refractivity contribution in [3.8, 4) is 0 Å². The van der Waals surface area contributed by atoms with E-state index >= 15 is 0 Å². The molecule has 1 aromatic carbocycles. The monoisotopic (exact) mass is 485 g/mol. The quantitative estimate of drug-likeness (QED) is 0.643. The summed E-state index contributed by atoms with van der Waals surface area (Å²) < 4.78 is 0. The summed E-state index contributed by atoms with van der Waals surface area (Å²) in [4.78, 5) is 43.7. The molecule has 3 heterocycles. The van der Waals surface area contributed by atoms with E-state index in [1.807, 2.05) is 67.8 Å². The number of hydrogen-bond acceptors (Lipinski definition) is 5. The van der Waals surface area contributed by atoms with Gasteiger partial charge in [-0.2, -0.15) is 0 Å². The number of allylic oxidation sites excluding steroid dienone is 1. The minimum absolute atomic E-state index is 0.00912. The molecule has 1 aromatic rings. The molecule has 4 amide bonds. The molecule has 0 radical (unpaired) electrons. The van der Waals surface area contributed by atoms with Crippen molar-refractivity contribution in [3.63, 3.8) is 0 Å². The van der Waals surface area contributed by atoms with Crippen molar-refractivity contribution in [2.75, 3.05) is 26.2 Å². The average molecular weight is 486 g/mol. The Balaban J connectivity index is 1.56. The second-order valence-corrected chi connectivity index (χ2v) is 10.6. The molecule has 4 rings (SSSR count). The first-order chi connectivity index (χ1) is 16.4. The lowest BCUT2D eigenvalue weighted by Crippen LogP contribution is -2.77. The zero-order chi connectivity index (χ0) is 24.2. The summed E-state index contributed by atoms with van der Waals surface area (Å²) in [6, 6.07) is 8.95. The van der Waals surface area contributed by atoms with E-state index in [1.165, 1.54) is 0 Å². The highest BCUT2D eigenvalue weighted by molar-refractivity contribution is 8.03. The second-order valence-electron chi connectivity index (χ2n) is 9.38. The Morgan fingerprint density at radius 3 is 2.62 bits per heavy atom. The first-order valence-corrected chi connectivity index (χ1v) is 13.1. The van der Waals surface area contributed by atoms with Gasteiger partial charge < -0.3 is 15.1 Å². The zero-order valence-electron chi connectivity index (χ0n) is 20.2. The summed E-state index contributed by atoms with van der Waals surface area (Å²) in [5.41, 5.74) is 1.01. The number of amides is 4. The van der Waals surface area contributed by atoms with Crippen molar-refractivity contribution in [2.24, 2.45) is 5.92 Å². The summed E-state index contributed by atoms with van der Waals surface area (Å²) in [5.74, 6) is -0.155. The van der Waals surface area contributed by atoms with Crippen LogP contribution in [0.25, 0.3) is 0 Å². The molecule has 0 saturated carbocycles. The van der Waals surface area contributed by atoms with Crippen molar-refractivity contribution in [3.05, 3.63) is 47.4 Å². The fourth-order valence-electron chi connectivity index (χ4n) is 4.99. The van der Waals surface area contributed by atoms with Crippen molar-refractivity contribution < 1.29 is 14.4 Å². The number of carbonyl (C=O) groups is 3. The van der Waals surface area contributed by atoms with E-state index in [-0.39, 0.29) is 30.3 Å². The number of rotatable bonds is 7. The van der Waals surface area contributed by atoms with Crippen LogP contribution in [0.15, 0.2) is 41.8 Å². The summed E-state index contributed by atoms with van der Waals surface area (Å²) in [5, 5.41) is 9.09. The van der Waals surface area contributed by atoms with Gasteiger partial charge in [-0.3, -0.25) is 9.59 Å². The molecule has 0 aliphatic carbocycles. The van der Waals surface area contributed by atoms with Crippen molar-refractivity contribution >= 4 is 29.6 Å². The third kappa shape index (κ3) is 5.10. The Morgan fingerprint density at radius 2 is 1.97 bits per heavy atom. The van der Waals surface area contributed by atoms with E-state index in [2.05, 4.69) is 16.8 Å². The number of hydrogen-bond donors (Lipinski definition) is 1. The first-order valence-electron chi connectivity index (χ1n) is 12.2. The number of fused-ring (bicyclic) bond motifs is 1. The number of piperazine rings is 1. The fourth-order valence-corrected chi connectivity index (χ4v) is 5.90. The van der Waals surface area contributed by atoms with Gasteiger partial charge in [-0.05, 0) is 29.7 Å². The molecule has 3 atom stereocenters. The Labute approximate surface area is 206 Å². The zero-order valence-corrected chi connectivity index (χ0v) is 21.0. The molecule has 0 bridgehead atoms. The van der Waals surface area contributed by atoms with Crippen molar-refractivity contribution in [2.45, 2.75) is 57.6 Å². The summed E-state index contributed by atoms with van der Waals surface area (Å²) in [6.07, 6.45) is 3.57. The number of nitrogens with one attached hydrogen (secondary N) is 1. The number of urea groups is 1. The van der Waals surface area contributed by atoms with Gasteiger partial charge in [0.15, 0.2) is 0 Å².